The molecule has 0 radical (unpaired) electrons. The molecular weight excluding hydrogens is 356 g/mol. The number of benzene rings is 2. The van der Waals surface area contributed by atoms with Crippen LogP contribution in [0.3, 0.4) is 0 Å². The largest absolute Gasteiger partial charge is 0.393 e. The van der Waals surface area contributed by atoms with Crippen molar-refractivity contribution < 1.29 is 5.11 Å². The van der Waals surface area contributed by atoms with Crippen molar-refractivity contribution in [2.75, 3.05) is 0 Å². The number of hydrogen-bond acceptors (Lipinski definition) is 3. The van der Waals surface area contributed by atoms with Crippen molar-refractivity contribution in [2.24, 2.45) is 0 Å². The molecule has 0 aliphatic heterocycles. The normalized spacial score (nSPS) is 12.2. The molecule has 0 aliphatic rings. The van der Waals surface area contributed by atoms with Gasteiger partial charge in [-0.3, -0.25) is 0 Å². The highest BCUT2D eigenvalue weighted by molar-refractivity contribution is 5.70. The molecule has 3 nitrogen and oxygen atoms in total. The SMILES string of the molecule is C=CCc1ccc(-c2ccc(-c3cnc(/C=C/CCCC(C)O)nc3)cc2)cc1. The van der Waals surface area contributed by atoms with Gasteiger partial charge < -0.3 is 5.11 Å². The minimum absolute atomic E-state index is 0.234. The van der Waals surface area contributed by atoms with Crippen molar-refractivity contribution in [2.45, 2.75) is 38.7 Å². The lowest BCUT2D eigenvalue weighted by molar-refractivity contribution is 0.182. The van der Waals surface area contributed by atoms with Crippen molar-refractivity contribution in [1.29, 1.82) is 0 Å². The standard InChI is InChI=1S/C26H28N2O/c1-3-7-21-10-12-22(13-11-21)23-14-16-24(17-15-23)25-18-27-26(28-19-25)9-6-4-5-8-20(2)29/h3,6,9-20,29H,1,4-5,7-8H2,2H3/b9-6+. The topological polar surface area (TPSA) is 46.0 Å². The first-order chi connectivity index (χ1) is 14.2. The second-order valence-corrected chi connectivity index (χ2v) is 7.28. The quantitative estimate of drug-likeness (QED) is 0.358. The van der Waals surface area contributed by atoms with E-state index in [9.17, 15) is 5.11 Å². The van der Waals surface area contributed by atoms with Gasteiger partial charge in [0.25, 0.3) is 0 Å². The van der Waals surface area contributed by atoms with Crippen LogP contribution in [-0.2, 0) is 6.42 Å². The number of rotatable bonds is 9. The Kier molecular flexibility index (Phi) is 7.48. The maximum Gasteiger partial charge on any atom is 0.151 e. The molecule has 1 N–H and O–H groups in total. The molecule has 0 saturated heterocycles. The van der Waals surface area contributed by atoms with Gasteiger partial charge >= 0.3 is 0 Å². The Morgan fingerprint density at radius 1 is 0.897 bits per heavy atom. The van der Waals surface area contributed by atoms with Gasteiger partial charge in [-0.25, -0.2) is 9.97 Å². The number of allylic oxidation sites excluding steroid dienone is 2. The van der Waals surface area contributed by atoms with E-state index in [-0.39, 0.29) is 6.10 Å². The van der Waals surface area contributed by atoms with Crippen LogP contribution in [0.2, 0.25) is 0 Å². The molecule has 3 rings (SSSR count). The smallest absolute Gasteiger partial charge is 0.151 e. The molecule has 3 heteroatoms. The lowest BCUT2D eigenvalue weighted by Gasteiger charge is -2.06. The summed E-state index contributed by atoms with van der Waals surface area (Å²) in [6, 6.07) is 17.1. The second-order valence-electron chi connectivity index (χ2n) is 7.28. The summed E-state index contributed by atoms with van der Waals surface area (Å²) < 4.78 is 0. The van der Waals surface area contributed by atoms with E-state index in [1.54, 1.807) is 0 Å². The van der Waals surface area contributed by atoms with E-state index in [0.29, 0.717) is 5.82 Å². The van der Waals surface area contributed by atoms with Crippen molar-refractivity contribution in [1.82, 2.24) is 9.97 Å². The summed E-state index contributed by atoms with van der Waals surface area (Å²) in [6.07, 6.45) is 13.0. The fourth-order valence-corrected chi connectivity index (χ4v) is 3.15. The predicted molar refractivity (Wildman–Crippen MR) is 121 cm³/mol. The van der Waals surface area contributed by atoms with Crippen LogP contribution >= 0.6 is 0 Å². The molecule has 29 heavy (non-hydrogen) atoms. The summed E-state index contributed by atoms with van der Waals surface area (Å²) in [7, 11) is 0. The fourth-order valence-electron chi connectivity index (χ4n) is 3.15. The summed E-state index contributed by atoms with van der Waals surface area (Å²) in [5.41, 5.74) is 5.77. The third-order valence-electron chi connectivity index (χ3n) is 4.82. The Balaban J connectivity index is 1.62. The molecular formula is C26H28N2O. The highest BCUT2D eigenvalue weighted by atomic mass is 16.3. The number of aliphatic hydroxyl groups excluding tert-OH is 1. The highest BCUT2D eigenvalue weighted by Crippen LogP contribution is 2.24. The average Bonchev–Trinajstić information content (AvgIpc) is 2.75. The zero-order valence-corrected chi connectivity index (χ0v) is 17.0. The van der Waals surface area contributed by atoms with Crippen LogP contribution < -0.4 is 0 Å². The first-order valence-corrected chi connectivity index (χ1v) is 10.1. The molecule has 148 valence electrons. The molecule has 0 bridgehead atoms. The molecule has 0 spiro atoms. The first kappa shape index (κ1) is 20.7. The van der Waals surface area contributed by atoms with Crippen molar-refractivity contribution in [3.63, 3.8) is 0 Å². The fraction of sp³-hybridized carbons (Fsp3) is 0.231. The number of aliphatic hydroxyl groups is 1. The molecule has 0 saturated carbocycles. The van der Waals surface area contributed by atoms with Crippen LogP contribution in [0.25, 0.3) is 28.3 Å². The zero-order chi connectivity index (χ0) is 20.5. The lowest BCUT2D eigenvalue weighted by Crippen LogP contribution is -1.97. The zero-order valence-electron chi connectivity index (χ0n) is 17.0. The second kappa shape index (κ2) is 10.5. The summed E-state index contributed by atoms with van der Waals surface area (Å²) in [5, 5.41) is 9.27. The summed E-state index contributed by atoms with van der Waals surface area (Å²) >= 11 is 0. The third kappa shape index (κ3) is 6.23. The van der Waals surface area contributed by atoms with Crippen LogP contribution in [0.5, 0.6) is 0 Å². The van der Waals surface area contributed by atoms with Crippen molar-refractivity contribution in [3.8, 4) is 22.3 Å². The van der Waals surface area contributed by atoms with E-state index in [1.807, 2.05) is 31.5 Å². The molecule has 0 fully saturated rings. The molecule has 2 aromatic carbocycles. The highest BCUT2D eigenvalue weighted by Gasteiger charge is 2.02. The van der Waals surface area contributed by atoms with Crippen molar-refractivity contribution in [3.05, 3.63) is 91.0 Å². The van der Waals surface area contributed by atoms with Crippen LogP contribution in [0.4, 0.5) is 0 Å². The Hall–Kier alpha value is -3.04. The first-order valence-electron chi connectivity index (χ1n) is 10.1. The maximum atomic E-state index is 9.27. The van der Waals surface area contributed by atoms with Gasteiger partial charge in [-0.15, -0.1) is 6.58 Å². The maximum absolute atomic E-state index is 9.27. The van der Waals surface area contributed by atoms with E-state index >= 15 is 0 Å². The van der Waals surface area contributed by atoms with Crippen LogP contribution in [0, 0.1) is 0 Å². The number of nitrogens with zero attached hydrogens (tertiary/aromatic N) is 2. The molecule has 3 aromatic rings. The van der Waals surface area contributed by atoms with E-state index in [1.165, 1.54) is 16.7 Å². The molecule has 1 atom stereocenters. The van der Waals surface area contributed by atoms with Gasteiger partial charge in [-0.2, -0.15) is 0 Å². The Labute approximate surface area is 173 Å². The minimum atomic E-state index is -0.234. The number of aromatic nitrogens is 2. The molecule has 1 heterocycles. The summed E-state index contributed by atoms with van der Waals surface area (Å²) in [5.74, 6) is 0.710. The summed E-state index contributed by atoms with van der Waals surface area (Å²) in [4.78, 5) is 8.88. The van der Waals surface area contributed by atoms with E-state index in [2.05, 4.69) is 71.2 Å². The van der Waals surface area contributed by atoms with Gasteiger partial charge in [0, 0.05) is 18.0 Å². The predicted octanol–water partition coefficient (Wildman–Crippen LogP) is 6.10. The van der Waals surface area contributed by atoms with Gasteiger partial charge in [0.15, 0.2) is 5.82 Å². The molecule has 1 unspecified atom stereocenters. The van der Waals surface area contributed by atoms with Gasteiger partial charge in [-0.05, 0) is 60.9 Å². The van der Waals surface area contributed by atoms with Crippen LogP contribution in [0.1, 0.15) is 37.6 Å². The van der Waals surface area contributed by atoms with Gasteiger partial charge in [0.05, 0.1) is 6.10 Å². The third-order valence-corrected chi connectivity index (χ3v) is 4.82. The lowest BCUT2D eigenvalue weighted by atomic mass is 10.0. The minimum Gasteiger partial charge on any atom is -0.393 e. The summed E-state index contributed by atoms with van der Waals surface area (Å²) in [6.45, 7) is 5.60. The average molecular weight is 385 g/mol. The van der Waals surface area contributed by atoms with Gasteiger partial charge in [-0.1, -0.05) is 60.7 Å². The number of hydrogen-bond donors (Lipinski definition) is 1. The van der Waals surface area contributed by atoms with E-state index in [4.69, 9.17) is 0 Å². The van der Waals surface area contributed by atoms with E-state index in [0.717, 1.165) is 36.8 Å². The van der Waals surface area contributed by atoms with Gasteiger partial charge in [0.1, 0.15) is 0 Å². The monoisotopic (exact) mass is 384 g/mol. The van der Waals surface area contributed by atoms with Gasteiger partial charge in [0.2, 0.25) is 0 Å². The van der Waals surface area contributed by atoms with Crippen molar-refractivity contribution >= 4 is 6.08 Å². The number of unbranched alkanes of at least 4 members (excludes halogenated alkanes) is 1. The van der Waals surface area contributed by atoms with Crippen LogP contribution in [0.15, 0.2) is 79.7 Å². The van der Waals surface area contributed by atoms with Crippen LogP contribution in [-0.4, -0.2) is 21.2 Å². The Morgan fingerprint density at radius 3 is 2.00 bits per heavy atom. The Bertz CT molecular complexity index is 924. The Morgan fingerprint density at radius 2 is 1.45 bits per heavy atom. The molecule has 1 aromatic heterocycles. The molecule has 0 aliphatic carbocycles. The molecule has 0 amide bonds. The van der Waals surface area contributed by atoms with E-state index < -0.39 is 0 Å².